The standard InChI is InChI=1S/C17H14ClN3O2/c1-11-2-4-12(5-3-11)17-14(9-18)19-20-21(17)13-6-7-15-16(8-13)23-10-22-15/h2-8H,9-10H2,1H3. The first-order valence-corrected chi connectivity index (χ1v) is 7.77. The minimum atomic E-state index is 0.244. The van der Waals surface area contributed by atoms with E-state index in [1.165, 1.54) is 5.56 Å². The minimum Gasteiger partial charge on any atom is -0.454 e. The molecular weight excluding hydrogens is 314 g/mol. The van der Waals surface area contributed by atoms with Crippen molar-refractivity contribution in [3.63, 3.8) is 0 Å². The van der Waals surface area contributed by atoms with Gasteiger partial charge in [0.25, 0.3) is 0 Å². The number of ether oxygens (including phenoxy) is 2. The summed E-state index contributed by atoms with van der Waals surface area (Å²) in [5, 5.41) is 8.48. The first-order chi connectivity index (χ1) is 11.3. The third-order valence-electron chi connectivity index (χ3n) is 3.79. The first kappa shape index (κ1) is 14.1. The molecule has 0 aliphatic carbocycles. The number of nitrogens with zero attached hydrogens (tertiary/aromatic N) is 3. The molecule has 5 nitrogen and oxygen atoms in total. The molecule has 23 heavy (non-hydrogen) atoms. The highest BCUT2D eigenvalue weighted by molar-refractivity contribution is 6.17. The highest BCUT2D eigenvalue weighted by Gasteiger charge is 2.19. The van der Waals surface area contributed by atoms with E-state index in [4.69, 9.17) is 21.1 Å². The molecule has 0 spiro atoms. The smallest absolute Gasteiger partial charge is 0.231 e. The Hall–Kier alpha value is -2.53. The maximum Gasteiger partial charge on any atom is 0.231 e. The summed E-state index contributed by atoms with van der Waals surface area (Å²) in [4.78, 5) is 0. The Kier molecular flexibility index (Phi) is 3.42. The maximum absolute atomic E-state index is 6.05. The summed E-state index contributed by atoms with van der Waals surface area (Å²) in [6.45, 7) is 2.30. The molecule has 6 heteroatoms. The Labute approximate surface area is 138 Å². The molecule has 4 rings (SSSR count). The average Bonchev–Trinajstić information content (AvgIpc) is 3.21. The van der Waals surface area contributed by atoms with E-state index in [0.29, 0.717) is 11.6 Å². The summed E-state index contributed by atoms with van der Waals surface area (Å²) < 4.78 is 12.6. The Morgan fingerprint density at radius 2 is 1.87 bits per heavy atom. The zero-order valence-corrected chi connectivity index (χ0v) is 13.2. The van der Waals surface area contributed by atoms with Gasteiger partial charge >= 0.3 is 0 Å². The molecule has 116 valence electrons. The monoisotopic (exact) mass is 327 g/mol. The van der Waals surface area contributed by atoms with E-state index in [9.17, 15) is 0 Å². The molecule has 3 aromatic rings. The van der Waals surface area contributed by atoms with Gasteiger partial charge in [0.15, 0.2) is 11.5 Å². The number of hydrogen-bond donors (Lipinski definition) is 0. The molecule has 1 aliphatic heterocycles. The highest BCUT2D eigenvalue weighted by Crippen LogP contribution is 2.35. The molecule has 0 saturated heterocycles. The molecule has 0 unspecified atom stereocenters. The predicted octanol–water partition coefficient (Wildman–Crippen LogP) is 3.71. The van der Waals surface area contributed by atoms with Crippen LogP contribution in [0, 0.1) is 6.92 Å². The van der Waals surface area contributed by atoms with Crippen LogP contribution in [-0.2, 0) is 5.88 Å². The van der Waals surface area contributed by atoms with Crippen LogP contribution in [0.15, 0.2) is 42.5 Å². The second kappa shape index (κ2) is 5.59. The van der Waals surface area contributed by atoms with Crippen molar-refractivity contribution < 1.29 is 9.47 Å². The van der Waals surface area contributed by atoms with E-state index in [0.717, 1.165) is 28.4 Å². The van der Waals surface area contributed by atoms with E-state index in [-0.39, 0.29) is 6.79 Å². The summed E-state index contributed by atoms with van der Waals surface area (Å²) in [5.41, 5.74) is 4.71. The van der Waals surface area contributed by atoms with Crippen molar-refractivity contribution in [3.05, 3.63) is 53.7 Å². The van der Waals surface area contributed by atoms with Crippen LogP contribution in [0.5, 0.6) is 11.5 Å². The van der Waals surface area contributed by atoms with E-state index in [2.05, 4.69) is 29.4 Å². The Morgan fingerprint density at radius 1 is 1.09 bits per heavy atom. The van der Waals surface area contributed by atoms with E-state index < -0.39 is 0 Å². The zero-order chi connectivity index (χ0) is 15.8. The topological polar surface area (TPSA) is 49.2 Å². The molecule has 2 heterocycles. The summed E-state index contributed by atoms with van der Waals surface area (Å²) in [5.74, 6) is 1.75. The van der Waals surface area contributed by atoms with E-state index in [1.54, 1.807) is 4.68 Å². The average molecular weight is 328 g/mol. The van der Waals surface area contributed by atoms with Crippen LogP contribution in [0.25, 0.3) is 16.9 Å². The second-order valence-electron chi connectivity index (χ2n) is 5.33. The molecular formula is C17H14ClN3O2. The van der Waals surface area contributed by atoms with Gasteiger partial charge in [0, 0.05) is 11.6 Å². The number of aromatic nitrogens is 3. The van der Waals surface area contributed by atoms with Gasteiger partial charge in [-0.25, -0.2) is 4.68 Å². The van der Waals surface area contributed by atoms with Gasteiger partial charge in [-0.3, -0.25) is 0 Å². The van der Waals surface area contributed by atoms with Crippen LogP contribution in [0.1, 0.15) is 11.3 Å². The molecule has 0 radical (unpaired) electrons. The molecule has 0 atom stereocenters. The summed E-state index contributed by atoms with van der Waals surface area (Å²) >= 11 is 6.05. The van der Waals surface area contributed by atoms with Crippen LogP contribution in [0.4, 0.5) is 0 Å². The lowest BCUT2D eigenvalue weighted by Crippen LogP contribution is -2.00. The van der Waals surface area contributed by atoms with Crippen LogP contribution in [0.3, 0.4) is 0 Å². The Bertz CT molecular complexity index is 859. The lowest BCUT2D eigenvalue weighted by Gasteiger charge is -2.09. The van der Waals surface area contributed by atoms with Gasteiger partial charge in [-0.1, -0.05) is 35.0 Å². The lowest BCUT2D eigenvalue weighted by atomic mass is 10.1. The largest absolute Gasteiger partial charge is 0.454 e. The van der Waals surface area contributed by atoms with Gasteiger partial charge in [-0.2, -0.15) is 0 Å². The number of alkyl halides is 1. The number of benzene rings is 2. The quantitative estimate of drug-likeness (QED) is 0.688. The van der Waals surface area contributed by atoms with Crippen molar-refractivity contribution in [1.82, 2.24) is 15.0 Å². The number of rotatable bonds is 3. The van der Waals surface area contributed by atoms with Gasteiger partial charge in [0.05, 0.1) is 17.3 Å². The molecule has 0 fully saturated rings. The predicted molar refractivity (Wildman–Crippen MR) is 87.2 cm³/mol. The molecule has 0 amide bonds. The van der Waals surface area contributed by atoms with Gasteiger partial charge in [-0.05, 0) is 19.1 Å². The number of halogens is 1. The van der Waals surface area contributed by atoms with E-state index >= 15 is 0 Å². The normalized spacial score (nSPS) is 12.6. The minimum absolute atomic E-state index is 0.244. The summed E-state index contributed by atoms with van der Waals surface area (Å²) in [7, 11) is 0. The zero-order valence-electron chi connectivity index (χ0n) is 12.5. The molecule has 0 saturated carbocycles. The Balaban J connectivity index is 1.86. The lowest BCUT2D eigenvalue weighted by molar-refractivity contribution is 0.174. The molecule has 2 aromatic carbocycles. The van der Waals surface area contributed by atoms with Crippen LogP contribution in [0.2, 0.25) is 0 Å². The fraction of sp³-hybridized carbons (Fsp3) is 0.176. The van der Waals surface area contributed by atoms with E-state index in [1.807, 2.05) is 30.3 Å². The van der Waals surface area contributed by atoms with Gasteiger partial charge in [-0.15, -0.1) is 16.7 Å². The van der Waals surface area contributed by atoms with Crippen molar-refractivity contribution >= 4 is 11.6 Å². The van der Waals surface area contributed by atoms with Crippen molar-refractivity contribution in [2.24, 2.45) is 0 Å². The third kappa shape index (κ3) is 2.43. The molecule has 1 aliphatic rings. The Morgan fingerprint density at radius 3 is 2.65 bits per heavy atom. The first-order valence-electron chi connectivity index (χ1n) is 7.24. The van der Waals surface area contributed by atoms with Crippen LogP contribution in [-0.4, -0.2) is 21.8 Å². The maximum atomic E-state index is 6.05. The SMILES string of the molecule is Cc1ccc(-c2c(CCl)nnn2-c2ccc3c(c2)OCO3)cc1. The highest BCUT2D eigenvalue weighted by atomic mass is 35.5. The summed E-state index contributed by atoms with van der Waals surface area (Å²) in [6.07, 6.45) is 0. The molecule has 0 N–H and O–H groups in total. The number of fused-ring (bicyclic) bond motifs is 1. The van der Waals surface area contributed by atoms with Crippen molar-refractivity contribution in [2.45, 2.75) is 12.8 Å². The molecule has 0 bridgehead atoms. The third-order valence-corrected chi connectivity index (χ3v) is 4.05. The molecule has 1 aromatic heterocycles. The van der Waals surface area contributed by atoms with Gasteiger partial charge in [0.2, 0.25) is 6.79 Å². The van der Waals surface area contributed by atoms with Gasteiger partial charge < -0.3 is 9.47 Å². The van der Waals surface area contributed by atoms with Crippen LogP contribution >= 0.6 is 11.6 Å². The number of aryl methyl sites for hydroxylation is 1. The fourth-order valence-corrected chi connectivity index (χ4v) is 2.78. The van der Waals surface area contributed by atoms with Crippen molar-refractivity contribution in [2.75, 3.05) is 6.79 Å². The van der Waals surface area contributed by atoms with Crippen molar-refractivity contribution in [3.8, 4) is 28.4 Å². The van der Waals surface area contributed by atoms with Crippen LogP contribution < -0.4 is 9.47 Å². The van der Waals surface area contributed by atoms with Crippen molar-refractivity contribution in [1.29, 1.82) is 0 Å². The second-order valence-corrected chi connectivity index (χ2v) is 5.60. The fourth-order valence-electron chi connectivity index (χ4n) is 2.60. The van der Waals surface area contributed by atoms with Gasteiger partial charge in [0.1, 0.15) is 5.69 Å². The summed E-state index contributed by atoms with van der Waals surface area (Å²) in [6, 6.07) is 13.9. The number of hydrogen-bond acceptors (Lipinski definition) is 4.